The second-order valence-corrected chi connectivity index (χ2v) is 7.89. The average molecular weight is 396 g/mol. The van der Waals surface area contributed by atoms with E-state index in [9.17, 15) is 9.18 Å². The number of ether oxygens (including phenoxy) is 1. The molecule has 7 heteroatoms. The Kier molecular flexibility index (Phi) is 7.53. The number of allylic oxidation sites excluding steroid dienone is 5. The molecule has 2 N–H and O–H groups in total. The summed E-state index contributed by atoms with van der Waals surface area (Å²) in [5.41, 5.74) is 6.47. The number of hydrogen-bond donors (Lipinski definition) is 1. The van der Waals surface area contributed by atoms with Crippen molar-refractivity contribution in [2.75, 3.05) is 39.4 Å². The van der Waals surface area contributed by atoms with E-state index in [0.29, 0.717) is 18.5 Å². The van der Waals surface area contributed by atoms with Gasteiger partial charge in [-0.15, -0.1) is 0 Å². The molecule has 2 rings (SSSR count). The predicted octanol–water partition coefficient (Wildman–Crippen LogP) is 3.13. The summed E-state index contributed by atoms with van der Waals surface area (Å²) in [4.78, 5) is 18.4. The summed E-state index contributed by atoms with van der Waals surface area (Å²) >= 11 is 5.65. The summed E-state index contributed by atoms with van der Waals surface area (Å²) < 4.78 is 19.7. The fraction of sp³-hybridized carbons (Fsp3) is 0.500. The highest BCUT2D eigenvalue weighted by molar-refractivity contribution is 6.43. The third kappa shape index (κ3) is 6.41. The molecule has 1 fully saturated rings. The molecule has 5 nitrogen and oxygen atoms in total. The van der Waals surface area contributed by atoms with Crippen molar-refractivity contribution in [1.82, 2.24) is 4.90 Å². The molecule has 0 saturated carbocycles. The van der Waals surface area contributed by atoms with Crippen molar-refractivity contribution < 1.29 is 13.9 Å². The van der Waals surface area contributed by atoms with E-state index in [4.69, 9.17) is 22.1 Å². The molecule has 0 bridgehead atoms. The summed E-state index contributed by atoms with van der Waals surface area (Å²) in [5, 5.41) is 0.0695. The first-order chi connectivity index (χ1) is 12.7. The zero-order chi connectivity index (χ0) is 20.0. The smallest absolute Gasteiger partial charge is 0.266 e. The average Bonchev–Trinajstić information content (AvgIpc) is 2.56. The number of carbonyl (C=O) groups is 1. The van der Waals surface area contributed by atoms with Crippen molar-refractivity contribution >= 4 is 23.2 Å². The van der Waals surface area contributed by atoms with Crippen molar-refractivity contribution in [1.29, 1.82) is 0 Å². The van der Waals surface area contributed by atoms with Gasteiger partial charge >= 0.3 is 0 Å². The molecule has 0 spiro atoms. The first-order valence-electron chi connectivity index (χ1n) is 8.96. The summed E-state index contributed by atoms with van der Waals surface area (Å²) in [6.45, 7) is 13.9. The van der Waals surface area contributed by atoms with E-state index in [1.54, 1.807) is 0 Å². The molecular weight excluding hydrogens is 369 g/mol. The van der Waals surface area contributed by atoms with Crippen molar-refractivity contribution in [3.63, 3.8) is 0 Å². The van der Waals surface area contributed by atoms with Gasteiger partial charge in [0.25, 0.3) is 5.91 Å². The fourth-order valence-electron chi connectivity index (χ4n) is 3.20. The number of primary amides is 1. The van der Waals surface area contributed by atoms with Crippen LogP contribution in [0, 0.1) is 5.41 Å². The van der Waals surface area contributed by atoms with Crippen LogP contribution >= 0.6 is 11.6 Å². The van der Waals surface area contributed by atoms with Crippen molar-refractivity contribution in [2.24, 2.45) is 16.1 Å². The number of halogens is 2. The molecule has 2 heterocycles. The highest BCUT2D eigenvalue weighted by atomic mass is 35.5. The summed E-state index contributed by atoms with van der Waals surface area (Å²) in [7, 11) is 0. The van der Waals surface area contributed by atoms with Crippen LogP contribution in [0.4, 0.5) is 4.39 Å². The lowest BCUT2D eigenvalue weighted by atomic mass is 9.88. The van der Waals surface area contributed by atoms with Gasteiger partial charge in [0.2, 0.25) is 0 Å². The second kappa shape index (κ2) is 9.44. The molecule has 148 valence electrons. The minimum Gasteiger partial charge on any atom is -0.380 e. The quantitative estimate of drug-likeness (QED) is 0.702. The molecule has 0 aromatic carbocycles. The number of carbonyl (C=O) groups excluding carboxylic acids is 1. The van der Waals surface area contributed by atoms with Crippen LogP contribution in [0.3, 0.4) is 0 Å². The van der Waals surface area contributed by atoms with E-state index in [2.05, 4.69) is 30.0 Å². The van der Waals surface area contributed by atoms with Gasteiger partial charge in [0.1, 0.15) is 11.5 Å². The van der Waals surface area contributed by atoms with Gasteiger partial charge in [0, 0.05) is 29.1 Å². The molecule has 0 radical (unpaired) electrons. The van der Waals surface area contributed by atoms with Gasteiger partial charge in [-0.3, -0.25) is 9.79 Å². The third-order valence-electron chi connectivity index (χ3n) is 4.65. The van der Waals surface area contributed by atoms with Gasteiger partial charge in [-0.2, -0.15) is 0 Å². The molecule has 0 aromatic rings. The second-order valence-electron chi connectivity index (χ2n) is 7.40. The first-order valence-corrected chi connectivity index (χ1v) is 9.34. The summed E-state index contributed by atoms with van der Waals surface area (Å²) in [6.07, 6.45) is 3.98. The molecule has 27 heavy (non-hydrogen) atoms. The largest absolute Gasteiger partial charge is 0.380 e. The number of rotatable bonds is 6. The predicted molar refractivity (Wildman–Crippen MR) is 108 cm³/mol. The molecule has 0 atom stereocenters. The van der Waals surface area contributed by atoms with Gasteiger partial charge in [-0.25, -0.2) is 4.39 Å². The van der Waals surface area contributed by atoms with Gasteiger partial charge < -0.3 is 15.4 Å². The number of nitrogens with two attached hydrogens (primary N) is 1. The number of hydrogen-bond acceptors (Lipinski definition) is 4. The van der Waals surface area contributed by atoms with Crippen LogP contribution in [0.1, 0.15) is 19.8 Å². The Morgan fingerprint density at radius 1 is 1.48 bits per heavy atom. The number of nitrogens with zero attached hydrogens (tertiary/aromatic N) is 2. The van der Waals surface area contributed by atoms with Crippen molar-refractivity contribution in [2.45, 2.75) is 19.8 Å². The highest BCUT2D eigenvalue weighted by Gasteiger charge is 2.35. The Hall–Kier alpha value is -1.76. The SMILES string of the molecule is C=C(Cl)/C=C(/F)C(=C)/C1=C/C(C(N)=O)=NCCN(CC2(C)COC2)CCC1. The topological polar surface area (TPSA) is 67.9 Å². The molecular formula is C20H27ClFN3O2. The van der Waals surface area contributed by atoms with E-state index < -0.39 is 11.7 Å². The van der Waals surface area contributed by atoms with Gasteiger partial charge in [0.15, 0.2) is 0 Å². The Morgan fingerprint density at radius 2 is 2.19 bits per heavy atom. The van der Waals surface area contributed by atoms with Crippen LogP contribution in [-0.2, 0) is 9.53 Å². The summed E-state index contributed by atoms with van der Waals surface area (Å²) in [5.74, 6) is -1.23. The Labute approximate surface area is 165 Å². The maximum Gasteiger partial charge on any atom is 0.266 e. The van der Waals surface area contributed by atoms with Crippen LogP contribution in [0.5, 0.6) is 0 Å². The zero-order valence-electron chi connectivity index (χ0n) is 15.8. The Balaban J connectivity index is 2.19. The van der Waals surface area contributed by atoms with E-state index in [-0.39, 0.29) is 21.7 Å². The van der Waals surface area contributed by atoms with E-state index in [1.165, 1.54) is 6.08 Å². The van der Waals surface area contributed by atoms with Crippen molar-refractivity contribution in [3.8, 4) is 0 Å². The van der Waals surface area contributed by atoms with E-state index in [0.717, 1.165) is 45.3 Å². The lowest BCUT2D eigenvalue weighted by molar-refractivity contribution is -0.114. The lowest BCUT2D eigenvalue weighted by Gasteiger charge is -2.42. The fourth-order valence-corrected chi connectivity index (χ4v) is 3.30. The van der Waals surface area contributed by atoms with Crippen LogP contribution in [0.15, 0.2) is 52.3 Å². The monoisotopic (exact) mass is 395 g/mol. The third-order valence-corrected chi connectivity index (χ3v) is 4.76. The first kappa shape index (κ1) is 21.5. The van der Waals surface area contributed by atoms with Gasteiger partial charge in [-0.1, -0.05) is 31.7 Å². The molecule has 2 aliphatic rings. The molecule has 1 saturated heterocycles. The van der Waals surface area contributed by atoms with E-state index in [1.807, 2.05) is 0 Å². The maximum absolute atomic E-state index is 14.3. The molecule has 0 aromatic heterocycles. The van der Waals surface area contributed by atoms with Crippen LogP contribution < -0.4 is 5.73 Å². The normalized spacial score (nSPS) is 23.4. The molecule has 2 aliphatic heterocycles. The Morgan fingerprint density at radius 3 is 2.74 bits per heavy atom. The molecule has 1 amide bonds. The number of aliphatic imine (C=N–C) groups is 1. The zero-order valence-corrected chi connectivity index (χ0v) is 16.5. The van der Waals surface area contributed by atoms with Crippen molar-refractivity contribution in [3.05, 3.63) is 47.3 Å². The minimum absolute atomic E-state index is 0.0695. The number of amides is 1. The lowest BCUT2D eigenvalue weighted by Crippen LogP contribution is -2.49. The standard InChI is InChI=1S/C20H27ClFN3O2/c1-14(21)9-17(22)15(2)16-5-4-7-25(11-20(3)12-27-13-20)8-6-24-18(10-16)19(23)26/h9-10H,1-2,4-8,11-13H2,3H3,(H2,23,26)/b16-10+,17-9+,24-18?. The minimum atomic E-state index is -0.641. The van der Waals surface area contributed by atoms with Crippen LogP contribution in [0.2, 0.25) is 0 Å². The molecule has 0 aliphatic carbocycles. The van der Waals surface area contributed by atoms with E-state index >= 15 is 0 Å². The van der Waals surface area contributed by atoms with Crippen LogP contribution in [-0.4, -0.2) is 55.9 Å². The summed E-state index contributed by atoms with van der Waals surface area (Å²) in [6, 6.07) is 0. The maximum atomic E-state index is 14.3. The van der Waals surface area contributed by atoms with Gasteiger partial charge in [-0.05, 0) is 37.1 Å². The Bertz CT molecular complexity index is 708. The van der Waals surface area contributed by atoms with Crippen LogP contribution in [0.25, 0.3) is 0 Å². The highest BCUT2D eigenvalue weighted by Crippen LogP contribution is 2.29. The van der Waals surface area contributed by atoms with Gasteiger partial charge in [0.05, 0.1) is 19.8 Å². The molecule has 0 unspecified atom stereocenters.